The van der Waals surface area contributed by atoms with Crippen LogP contribution in [0.1, 0.15) is 45.0 Å². The van der Waals surface area contributed by atoms with Crippen LogP contribution in [0.3, 0.4) is 0 Å². The number of nitriles is 3. The number of ether oxygens (including phenoxy) is 1. The van der Waals surface area contributed by atoms with Crippen LogP contribution in [0, 0.1) is 39.9 Å². The Bertz CT molecular complexity index is 1520. The molecule has 0 radical (unpaired) electrons. The van der Waals surface area contributed by atoms with Crippen LogP contribution in [0.4, 0.5) is 58.4 Å². The molecular formula is C24H11F12N5O2. The van der Waals surface area contributed by atoms with Crippen LogP contribution < -0.4 is 5.01 Å². The fourth-order valence-corrected chi connectivity index (χ4v) is 4.36. The first kappa shape index (κ1) is 33.0. The fourth-order valence-electron chi connectivity index (χ4n) is 4.36. The number of rotatable bonds is 4. The molecule has 3 atom stereocenters. The van der Waals surface area contributed by atoms with E-state index >= 15 is 0 Å². The van der Waals surface area contributed by atoms with E-state index in [0.29, 0.717) is 7.11 Å². The molecule has 0 amide bonds. The average Bonchev–Trinajstić information content (AvgIpc) is 3.21. The summed E-state index contributed by atoms with van der Waals surface area (Å²) in [5.74, 6) is -2.09. The number of halogens is 12. The summed E-state index contributed by atoms with van der Waals surface area (Å²) in [6, 6.07) is 2.99. The second kappa shape index (κ2) is 10.9. The summed E-state index contributed by atoms with van der Waals surface area (Å²) < 4.78 is 169. The first-order valence-electron chi connectivity index (χ1n) is 11.0. The number of anilines is 1. The van der Waals surface area contributed by atoms with Crippen LogP contribution in [0.5, 0.6) is 0 Å². The molecule has 0 bridgehead atoms. The normalized spacial score (nSPS) is 18.5. The number of methoxy groups -OCH3 is 1. The monoisotopic (exact) mass is 629 g/mol. The van der Waals surface area contributed by atoms with Gasteiger partial charge in [-0.3, -0.25) is 0 Å². The SMILES string of the molecule is COC(c1cc(C(F)(F)F)c(C#N)c(C(F)(F)F)c1)C1C(C#N)=NN(c2cc(C(F)(F)F)c(C#N)c(C(F)(F)F)c2)C1O. The van der Waals surface area contributed by atoms with Gasteiger partial charge in [0.25, 0.3) is 0 Å². The molecule has 1 aliphatic rings. The van der Waals surface area contributed by atoms with Crippen LogP contribution in [-0.2, 0) is 29.4 Å². The van der Waals surface area contributed by atoms with Gasteiger partial charge in [-0.15, -0.1) is 0 Å². The molecule has 43 heavy (non-hydrogen) atoms. The molecule has 0 saturated carbocycles. The minimum Gasteiger partial charge on any atom is -0.376 e. The van der Waals surface area contributed by atoms with E-state index in [1.807, 2.05) is 0 Å². The highest BCUT2D eigenvalue weighted by molar-refractivity contribution is 6.03. The highest BCUT2D eigenvalue weighted by atomic mass is 19.4. The number of hydrogen-bond donors (Lipinski definition) is 1. The highest BCUT2D eigenvalue weighted by Gasteiger charge is 2.48. The minimum absolute atomic E-state index is 0.0229. The molecule has 0 fully saturated rings. The molecule has 3 unspecified atom stereocenters. The molecule has 228 valence electrons. The summed E-state index contributed by atoms with van der Waals surface area (Å²) >= 11 is 0. The van der Waals surface area contributed by atoms with Crippen molar-refractivity contribution >= 4 is 11.4 Å². The Morgan fingerprint density at radius 1 is 0.721 bits per heavy atom. The van der Waals surface area contributed by atoms with Gasteiger partial charge in [0, 0.05) is 7.11 Å². The summed E-state index contributed by atoms with van der Waals surface area (Å²) in [7, 11) is 0.707. The van der Waals surface area contributed by atoms with E-state index in [0.717, 1.165) is 12.1 Å². The van der Waals surface area contributed by atoms with Gasteiger partial charge >= 0.3 is 24.7 Å². The lowest BCUT2D eigenvalue weighted by Crippen LogP contribution is -2.37. The van der Waals surface area contributed by atoms with Gasteiger partial charge in [0.2, 0.25) is 0 Å². The molecule has 1 N–H and O–H groups in total. The summed E-state index contributed by atoms with van der Waals surface area (Å²) in [6.07, 6.45) is -26.9. The standard InChI is InChI=1S/C24H11F12N5O2/c1-43-19(9-2-13(21(25,26)27)11(6-37)14(3-9)22(28,29)30)18-17(8-39)40-41(20(18)42)10-4-15(23(31,32)33)12(7-38)16(5-10)24(34,35)36/h2-5,18-20,42H,1H3. The Balaban J connectivity index is 2.27. The summed E-state index contributed by atoms with van der Waals surface area (Å²) in [5.41, 5.74) is -15.3. The van der Waals surface area contributed by atoms with Crippen molar-refractivity contribution in [3.05, 3.63) is 63.2 Å². The molecular weight excluding hydrogens is 618 g/mol. The number of aliphatic hydroxyl groups is 1. The molecule has 0 aromatic heterocycles. The lowest BCUT2D eigenvalue weighted by molar-refractivity contribution is -0.145. The van der Waals surface area contributed by atoms with Gasteiger partial charge in [-0.25, -0.2) is 5.01 Å². The molecule has 1 aliphatic heterocycles. The molecule has 2 aromatic rings. The smallest absolute Gasteiger partial charge is 0.376 e. The van der Waals surface area contributed by atoms with E-state index in [1.165, 1.54) is 6.07 Å². The minimum atomic E-state index is -5.56. The van der Waals surface area contributed by atoms with Crippen LogP contribution in [0.15, 0.2) is 29.4 Å². The van der Waals surface area contributed by atoms with E-state index in [-0.39, 0.29) is 29.3 Å². The molecule has 1 heterocycles. The number of nitrogens with zero attached hydrogens (tertiary/aromatic N) is 5. The van der Waals surface area contributed by atoms with Crippen molar-refractivity contribution in [3.8, 4) is 18.2 Å². The zero-order valence-corrected chi connectivity index (χ0v) is 20.7. The first-order chi connectivity index (χ1) is 19.6. The van der Waals surface area contributed by atoms with Crippen molar-refractivity contribution in [2.75, 3.05) is 12.1 Å². The predicted molar refractivity (Wildman–Crippen MR) is 117 cm³/mol. The van der Waals surface area contributed by atoms with Gasteiger partial charge < -0.3 is 9.84 Å². The topological polar surface area (TPSA) is 116 Å². The summed E-state index contributed by atoms with van der Waals surface area (Å²) in [5, 5.41) is 42.0. The molecule has 0 saturated heterocycles. The molecule has 3 rings (SSSR count). The van der Waals surface area contributed by atoms with Crippen LogP contribution in [-0.4, -0.2) is 24.2 Å². The molecule has 19 heteroatoms. The second-order valence-electron chi connectivity index (χ2n) is 8.66. The maximum Gasteiger partial charge on any atom is 0.417 e. The van der Waals surface area contributed by atoms with Crippen LogP contribution in [0.2, 0.25) is 0 Å². The molecule has 0 aliphatic carbocycles. The maximum absolute atomic E-state index is 13.7. The van der Waals surface area contributed by atoms with Crippen molar-refractivity contribution in [3.63, 3.8) is 0 Å². The molecule has 0 spiro atoms. The number of benzene rings is 2. The van der Waals surface area contributed by atoms with Crippen molar-refractivity contribution in [2.45, 2.75) is 37.0 Å². The third kappa shape index (κ3) is 6.16. The van der Waals surface area contributed by atoms with E-state index in [2.05, 4.69) is 5.10 Å². The fraction of sp³-hybridized carbons (Fsp3) is 0.333. The molecule has 2 aromatic carbocycles. The van der Waals surface area contributed by atoms with Crippen molar-refractivity contribution in [2.24, 2.45) is 11.0 Å². The highest BCUT2D eigenvalue weighted by Crippen LogP contribution is 2.46. The van der Waals surface area contributed by atoms with Gasteiger partial charge in [0.05, 0.1) is 51.1 Å². The van der Waals surface area contributed by atoms with Gasteiger partial charge in [0.15, 0.2) is 6.23 Å². The Labute approximate surface area is 232 Å². The first-order valence-corrected chi connectivity index (χ1v) is 11.0. The van der Waals surface area contributed by atoms with Gasteiger partial charge in [0.1, 0.15) is 23.9 Å². The van der Waals surface area contributed by atoms with Crippen LogP contribution >= 0.6 is 0 Å². The van der Waals surface area contributed by atoms with Crippen LogP contribution in [0.25, 0.3) is 0 Å². The predicted octanol–water partition coefficient (Wildman–Crippen LogP) is 6.53. The second-order valence-corrected chi connectivity index (χ2v) is 8.66. The Hall–Kier alpha value is -4.54. The Morgan fingerprint density at radius 3 is 1.40 bits per heavy atom. The number of aliphatic hydroxyl groups excluding tert-OH is 1. The third-order valence-electron chi connectivity index (χ3n) is 6.12. The van der Waals surface area contributed by atoms with Crippen molar-refractivity contribution in [1.29, 1.82) is 15.8 Å². The number of alkyl halides is 12. The van der Waals surface area contributed by atoms with Gasteiger partial charge in [-0.1, -0.05) is 0 Å². The van der Waals surface area contributed by atoms with Gasteiger partial charge in [-0.05, 0) is 29.8 Å². The zero-order valence-electron chi connectivity index (χ0n) is 20.7. The lowest BCUT2D eigenvalue weighted by atomic mass is 9.87. The Kier molecular flexibility index (Phi) is 8.39. The average molecular weight is 629 g/mol. The maximum atomic E-state index is 13.7. The van der Waals surface area contributed by atoms with Crippen molar-refractivity contribution in [1.82, 2.24) is 0 Å². The largest absolute Gasteiger partial charge is 0.417 e. The number of hydrogen-bond acceptors (Lipinski definition) is 7. The van der Waals surface area contributed by atoms with E-state index in [4.69, 9.17) is 15.3 Å². The Morgan fingerprint density at radius 2 is 1.09 bits per heavy atom. The summed E-state index contributed by atoms with van der Waals surface area (Å²) in [6.45, 7) is 0. The quantitative estimate of drug-likeness (QED) is 0.385. The third-order valence-corrected chi connectivity index (χ3v) is 6.12. The van der Waals surface area contributed by atoms with E-state index < -0.39 is 93.3 Å². The lowest BCUT2D eigenvalue weighted by Gasteiger charge is -2.29. The zero-order chi connectivity index (χ0) is 32.9. The van der Waals surface area contributed by atoms with Crippen molar-refractivity contribution < 1.29 is 62.5 Å². The van der Waals surface area contributed by atoms with Gasteiger partial charge in [-0.2, -0.15) is 73.6 Å². The van der Waals surface area contributed by atoms with E-state index in [1.54, 1.807) is 0 Å². The number of hydrazone groups is 1. The van der Waals surface area contributed by atoms with E-state index in [9.17, 15) is 63.1 Å². The molecule has 7 nitrogen and oxygen atoms in total. The summed E-state index contributed by atoms with van der Waals surface area (Å²) in [4.78, 5) is 0.